The molecule has 0 fully saturated rings. The molecule has 2 aliphatic carbocycles. The van der Waals surface area contributed by atoms with E-state index in [1.165, 1.54) is 21.9 Å². The van der Waals surface area contributed by atoms with Crippen LogP contribution in [0.15, 0.2) is 60.7 Å². The van der Waals surface area contributed by atoms with Crippen LogP contribution in [0.1, 0.15) is 134 Å². The Balaban J connectivity index is 0.000000903. The minimum atomic E-state index is -0.813. The minimum absolute atomic E-state index is 0. The summed E-state index contributed by atoms with van der Waals surface area (Å²) < 4.78 is 54.9. The maximum Gasteiger partial charge on any atom is 4.00 e. The molecule has 0 N–H and O–H groups in total. The molecule has 0 bridgehead atoms. The van der Waals surface area contributed by atoms with Gasteiger partial charge in [-0.1, -0.05) is 95.9 Å². The Labute approximate surface area is 370 Å². The molecule has 0 aliphatic heterocycles. The molecule has 4 nitrogen and oxygen atoms in total. The third-order valence-corrected chi connectivity index (χ3v) is 9.57. The molecule has 0 heterocycles. The first-order valence-electron chi connectivity index (χ1n) is 21.0. The molecule has 324 valence electrons. The smallest absolute Gasteiger partial charge is 0.363 e. The van der Waals surface area contributed by atoms with Gasteiger partial charge in [0.05, 0.1) is 0 Å². The van der Waals surface area contributed by atoms with Gasteiger partial charge in [-0.25, -0.2) is 41.9 Å². The van der Waals surface area contributed by atoms with E-state index in [9.17, 15) is 27.2 Å². The van der Waals surface area contributed by atoms with Crippen molar-refractivity contribution in [2.45, 2.75) is 134 Å². The molecule has 2 aromatic carbocycles. The third-order valence-electron chi connectivity index (χ3n) is 9.57. The first-order chi connectivity index (χ1) is 27.2. The van der Waals surface area contributed by atoms with Crippen LogP contribution in [0.25, 0.3) is 0 Å². The molecule has 9 heteroatoms. The summed E-state index contributed by atoms with van der Waals surface area (Å²) >= 11 is 0. The number of amides is 2. The zero-order valence-corrected chi connectivity index (χ0v) is 39.4. The molecule has 2 aliphatic rings. The van der Waals surface area contributed by atoms with E-state index >= 15 is 0 Å². The Bertz CT molecular complexity index is 1520. The predicted molar refractivity (Wildman–Crippen MR) is 233 cm³/mol. The SMILES string of the molecule is CCCC(C)(C)C(=O)N(CC(C)CC(C)C)c1ccc(F)[c-]c1F.CCCC(C)(C)C(=O)N(CC(C)CC(C)C)c1ccc(F)[c-]c1F.[C-]1=CC=CC1.[C-]1=CC=CC1.[Ti+4]. The topological polar surface area (TPSA) is 40.6 Å². The van der Waals surface area contributed by atoms with E-state index in [2.05, 4.69) is 65.8 Å². The molecule has 2 amide bonds. The Morgan fingerprint density at radius 3 is 1.19 bits per heavy atom. The van der Waals surface area contributed by atoms with Crippen molar-refractivity contribution in [3.8, 4) is 0 Å². The Morgan fingerprint density at radius 1 is 0.627 bits per heavy atom. The van der Waals surface area contributed by atoms with Gasteiger partial charge in [0.25, 0.3) is 0 Å². The van der Waals surface area contributed by atoms with Crippen molar-refractivity contribution >= 4 is 23.2 Å². The van der Waals surface area contributed by atoms with Crippen molar-refractivity contribution in [2.75, 3.05) is 22.9 Å². The summed E-state index contributed by atoms with van der Waals surface area (Å²) in [5.74, 6) is -1.97. The van der Waals surface area contributed by atoms with Crippen LogP contribution in [-0.4, -0.2) is 24.9 Å². The van der Waals surface area contributed by atoms with Gasteiger partial charge in [-0.05, 0) is 60.7 Å². The van der Waals surface area contributed by atoms with Crippen molar-refractivity contribution in [1.82, 2.24) is 0 Å². The van der Waals surface area contributed by atoms with Gasteiger partial charge in [-0.3, -0.25) is 21.7 Å². The Hall–Kier alpha value is -3.23. The first-order valence-corrected chi connectivity index (χ1v) is 21.0. The van der Waals surface area contributed by atoms with Crippen LogP contribution in [-0.2, 0) is 31.3 Å². The van der Waals surface area contributed by atoms with E-state index in [0.29, 0.717) is 37.8 Å². The summed E-state index contributed by atoms with van der Waals surface area (Å²) in [4.78, 5) is 29.1. The van der Waals surface area contributed by atoms with Gasteiger partial charge in [-0.15, -0.1) is 49.2 Å². The van der Waals surface area contributed by atoms with Gasteiger partial charge in [0.1, 0.15) is 0 Å². The molecule has 59 heavy (non-hydrogen) atoms. The van der Waals surface area contributed by atoms with Crippen LogP contribution >= 0.6 is 0 Å². The number of hydrogen-bond donors (Lipinski definition) is 0. The molecule has 0 spiro atoms. The Morgan fingerprint density at radius 2 is 0.966 bits per heavy atom. The van der Waals surface area contributed by atoms with Gasteiger partial charge in [0, 0.05) is 47.2 Å². The number of carbonyl (C=O) groups is 2. The molecule has 0 saturated heterocycles. The number of anilines is 2. The van der Waals surface area contributed by atoms with Crippen LogP contribution in [0.5, 0.6) is 0 Å². The molecule has 2 atom stereocenters. The molecular weight excluding hydrogens is 784 g/mol. The standard InChI is InChI=1S/2C20H30F2NO.2C5H5.Ti/c2*1-7-10-20(5,6)19(24)23(13-15(4)11-14(2)3)18-9-8-16(21)12-17(18)22;2*1-2-4-5-3-1;/h2*8-9,14-15H,7,10-11,13H2,1-6H3;2*1-3H,4H2;/q4*-1;+4. The number of carbonyl (C=O) groups excluding carboxylic acids is 2. The second kappa shape index (κ2) is 28.3. The van der Waals surface area contributed by atoms with Crippen LogP contribution in [0.4, 0.5) is 28.9 Å². The van der Waals surface area contributed by atoms with Crippen molar-refractivity contribution in [3.05, 3.63) is 108 Å². The van der Waals surface area contributed by atoms with E-state index < -0.39 is 34.1 Å². The van der Waals surface area contributed by atoms with E-state index in [0.717, 1.165) is 50.7 Å². The number of allylic oxidation sites excluding steroid dienone is 8. The largest absolute Gasteiger partial charge is 4.00 e. The zero-order chi connectivity index (χ0) is 44.1. The van der Waals surface area contributed by atoms with Gasteiger partial charge in [-0.2, -0.15) is 12.2 Å². The maximum atomic E-state index is 14.3. The van der Waals surface area contributed by atoms with Gasteiger partial charge < -0.3 is 9.80 Å². The summed E-state index contributed by atoms with van der Waals surface area (Å²) in [6.07, 6.45) is 25.0. The van der Waals surface area contributed by atoms with E-state index in [1.807, 2.05) is 78.0 Å². The number of nitrogens with zero attached hydrogens (tertiary/aromatic N) is 2. The molecule has 2 unspecified atom stereocenters. The van der Waals surface area contributed by atoms with E-state index in [1.54, 1.807) is 0 Å². The molecule has 4 rings (SSSR count). The normalized spacial score (nSPS) is 13.7. The quantitative estimate of drug-likeness (QED) is 0.0959. The van der Waals surface area contributed by atoms with Crippen LogP contribution in [0.2, 0.25) is 0 Å². The van der Waals surface area contributed by atoms with Gasteiger partial charge >= 0.3 is 21.7 Å². The number of halogens is 4. The fourth-order valence-corrected chi connectivity index (χ4v) is 7.13. The zero-order valence-electron chi connectivity index (χ0n) is 37.9. The average molecular weight is 855 g/mol. The fraction of sp³-hybridized carbons (Fsp3) is 0.560. The van der Waals surface area contributed by atoms with Crippen LogP contribution in [0, 0.1) is 82.1 Å². The van der Waals surface area contributed by atoms with E-state index in [-0.39, 0.29) is 56.7 Å². The summed E-state index contributed by atoms with van der Waals surface area (Å²) in [5, 5.41) is 0. The number of hydrogen-bond acceptors (Lipinski definition) is 2. The summed E-state index contributed by atoms with van der Waals surface area (Å²) in [6, 6.07) is 9.06. The van der Waals surface area contributed by atoms with Crippen molar-refractivity contribution in [2.24, 2.45) is 34.5 Å². The van der Waals surface area contributed by atoms with Crippen LogP contribution in [0.3, 0.4) is 0 Å². The number of rotatable bonds is 16. The summed E-state index contributed by atoms with van der Waals surface area (Å²) in [7, 11) is 0. The second-order valence-corrected chi connectivity index (χ2v) is 17.6. The minimum Gasteiger partial charge on any atom is -0.363 e. The molecule has 0 aromatic heterocycles. The van der Waals surface area contributed by atoms with E-state index in [4.69, 9.17) is 0 Å². The van der Waals surface area contributed by atoms with Crippen molar-refractivity contribution in [1.29, 1.82) is 0 Å². The van der Waals surface area contributed by atoms with Crippen molar-refractivity contribution < 1.29 is 48.9 Å². The summed E-state index contributed by atoms with van der Waals surface area (Å²) in [6.45, 7) is 25.0. The second-order valence-electron chi connectivity index (χ2n) is 17.6. The molecule has 0 radical (unpaired) electrons. The molecular formula is C50H70F4N2O2Ti. The summed E-state index contributed by atoms with van der Waals surface area (Å²) in [5.41, 5.74) is -0.956. The van der Waals surface area contributed by atoms with Crippen molar-refractivity contribution in [3.63, 3.8) is 0 Å². The maximum absolute atomic E-state index is 14.3. The monoisotopic (exact) mass is 854 g/mol. The fourth-order valence-electron chi connectivity index (χ4n) is 7.13. The predicted octanol–water partition coefficient (Wildman–Crippen LogP) is 13.8. The average Bonchev–Trinajstić information content (AvgIpc) is 3.90. The van der Waals surface area contributed by atoms with Gasteiger partial charge in [0.15, 0.2) is 0 Å². The molecule has 0 saturated carbocycles. The van der Waals surface area contributed by atoms with Crippen LogP contribution < -0.4 is 9.80 Å². The molecule has 2 aromatic rings. The first kappa shape index (κ1) is 55.8. The van der Waals surface area contributed by atoms with Gasteiger partial charge in [0.2, 0.25) is 11.8 Å². The third kappa shape index (κ3) is 21.2. The Kier molecular flexibility index (Phi) is 26.8. The number of benzene rings is 2.